The van der Waals surface area contributed by atoms with Crippen molar-refractivity contribution in [1.29, 1.82) is 0 Å². The van der Waals surface area contributed by atoms with Crippen LogP contribution in [0, 0.1) is 11.6 Å². The fourth-order valence-corrected chi connectivity index (χ4v) is 3.05. The molecule has 6 nitrogen and oxygen atoms in total. The summed E-state index contributed by atoms with van der Waals surface area (Å²) in [6.45, 7) is 0.447. The number of hydrogen-bond donors (Lipinski definition) is 2. The lowest BCUT2D eigenvalue weighted by Gasteiger charge is -2.23. The molecule has 0 aliphatic heterocycles. The second-order valence-corrected chi connectivity index (χ2v) is 7.11. The first kappa shape index (κ1) is 22.2. The van der Waals surface area contributed by atoms with E-state index in [-0.39, 0.29) is 18.4 Å². The van der Waals surface area contributed by atoms with Crippen molar-refractivity contribution in [3.63, 3.8) is 0 Å². The molecule has 0 fully saturated rings. The van der Waals surface area contributed by atoms with E-state index in [2.05, 4.69) is 10.3 Å². The van der Waals surface area contributed by atoms with Gasteiger partial charge in [-0.15, -0.1) is 0 Å². The number of anilines is 1. The predicted octanol–water partition coefficient (Wildman–Crippen LogP) is 4.71. The number of ether oxygens (including phenoxy) is 1. The molecule has 0 amide bonds. The molecule has 31 heavy (non-hydrogen) atoms. The van der Waals surface area contributed by atoms with Crippen molar-refractivity contribution in [2.24, 2.45) is 0 Å². The lowest BCUT2D eigenvalue weighted by atomic mass is 10.0. The number of aliphatic carboxylic acids is 1. The molecule has 0 saturated heterocycles. The Morgan fingerprint density at radius 3 is 2.52 bits per heavy atom. The summed E-state index contributed by atoms with van der Waals surface area (Å²) in [5, 5.41) is 12.2. The number of carboxylic acid groups (broad SMARTS) is 1. The average Bonchev–Trinajstić information content (AvgIpc) is 2.72. The summed E-state index contributed by atoms with van der Waals surface area (Å²) >= 11 is 0. The van der Waals surface area contributed by atoms with Gasteiger partial charge in [0.15, 0.2) is 0 Å². The number of nitrogens with zero attached hydrogens (tertiary/aromatic N) is 2. The maximum Gasteiger partial charge on any atom is 0.317 e. The minimum Gasteiger partial charge on any atom is -0.480 e. The van der Waals surface area contributed by atoms with Crippen LogP contribution in [0.2, 0.25) is 0 Å². The Kier molecular flexibility index (Phi) is 7.50. The molecular formula is C23H23F2N3O3. The second kappa shape index (κ2) is 10.5. The maximum atomic E-state index is 13.3. The molecular weight excluding hydrogens is 404 g/mol. The molecule has 2 N–H and O–H groups in total. The quantitative estimate of drug-likeness (QED) is 0.488. The maximum absolute atomic E-state index is 13.3. The lowest BCUT2D eigenvalue weighted by Crippen LogP contribution is -2.28. The number of carboxylic acids is 1. The molecule has 1 unspecified atom stereocenters. The Hall–Kier alpha value is -3.52. The van der Waals surface area contributed by atoms with E-state index in [4.69, 9.17) is 9.84 Å². The Balaban J connectivity index is 1.69. The van der Waals surface area contributed by atoms with Crippen LogP contribution >= 0.6 is 0 Å². The summed E-state index contributed by atoms with van der Waals surface area (Å²) in [4.78, 5) is 16.9. The number of nitrogens with one attached hydrogen (secondary N) is 1. The van der Waals surface area contributed by atoms with Crippen molar-refractivity contribution in [1.82, 2.24) is 9.88 Å². The molecule has 0 radical (unpaired) electrons. The summed E-state index contributed by atoms with van der Waals surface area (Å²) < 4.78 is 32.2. The Bertz CT molecular complexity index is 998. The van der Waals surface area contributed by atoms with Gasteiger partial charge in [-0.05, 0) is 55.4 Å². The van der Waals surface area contributed by atoms with E-state index in [1.54, 1.807) is 48.3 Å². The van der Waals surface area contributed by atoms with Gasteiger partial charge in [-0.2, -0.15) is 0 Å². The molecule has 0 saturated carbocycles. The van der Waals surface area contributed by atoms with Gasteiger partial charge in [-0.1, -0.05) is 18.2 Å². The zero-order chi connectivity index (χ0) is 22.2. The van der Waals surface area contributed by atoms with Crippen LogP contribution in [0.5, 0.6) is 11.5 Å². The normalized spacial score (nSPS) is 11.9. The number of rotatable bonds is 10. The molecule has 2 aromatic carbocycles. The van der Waals surface area contributed by atoms with Crippen LogP contribution < -0.4 is 10.1 Å². The van der Waals surface area contributed by atoms with Crippen LogP contribution in [-0.2, 0) is 4.79 Å². The van der Waals surface area contributed by atoms with E-state index in [1.165, 1.54) is 30.5 Å². The summed E-state index contributed by atoms with van der Waals surface area (Å²) in [6, 6.07) is 15.2. The highest BCUT2D eigenvalue weighted by Gasteiger charge is 2.15. The third-order valence-corrected chi connectivity index (χ3v) is 4.57. The average molecular weight is 427 g/mol. The standard InChI is InChI=1S/C23H23F2N3O3/c1-28(15-23(29)30)12-11-21(16-5-7-17(24)8-6-16)27-22-10-9-20(14-26-22)31-19-4-2-3-18(25)13-19/h2-10,13-14,21H,11-12,15H2,1H3,(H,26,27)(H,29,30). The van der Waals surface area contributed by atoms with Crippen molar-refractivity contribution in [3.05, 3.63) is 84.1 Å². The molecule has 1 aromatic heterocycles. The van der Waals surface area contributed by atoms with Gasteiger partial charge in [0, 0.05) is 12.6 Å². The van der Waals surface area contributed by atoms with Crippen LogP contribution in [0.3, 0.4) is 0 Å². The molecule has 0 aliphatic rings. The highest BCUT2D eigenvalue weighted by atomic mass is 19.1. The third kappa shape index (κ3) is 7.04. The third-order valence-electron chi connectivity index (χ3n) is 4.57. The fourth-order valence-electron chi connectivity index (χ4n) is 3.05. The molecule has 3 rings (SSSR count). The molecule has 162 valence electrons. The van der Waals surface area contributed by atoms with Crippen molar-refractivity contribution in [2.75, 3.05) is 25.5 Å². The number of pyridine rings is 1. The first-order valence-electron chi connectivity index (χ1n) is 9.71. The number of hydrogen-bond acceptors (Lipinski definition) is 5. The molecule has 3 aromatic rings. The monoisotopic (exact) mass is 427 g/mol. The second-order valence-electron chi connectivity index (χ2n) is 7.11. The number of benzene rings is 2. The van der Waals surface area contributed by atoms with Crippen molar-refractivity contribution < 1.29 is 23.4 Å². The minimum atomic E-state index is -0.899. The van der Waals surface area contributed by atoms with E-state index in [9.17, 15) is 13.6 Å². The van der Waals surface area contributed by atoms with Crippen LogP contribution in [0.1, 0.15) is 18.0 Å². The van der Waals surface area contributed by atoms with Crippen LogP contribution in [-0.4, -0.2) is 41.1 Å². The van der Waals surface area contributed by atoms with Gasteiger partial charge in [-0.25, -0.2) is 13.8 Å². The number of halogens is 2. The largest absolute Gasteiger partial charge is 0.480 e. The van der Waals surface area contributed by atoms with Gasteiger partial charge in [0.2, 0.25) is 0 Å². The van der Waals surface area contributed by atoms with E-state index in [0.717, 1.165) is 5.56 Å². The van der Waals surface area contributed by atoms with Crippen molar-refractivity contribution in [2.45, 2.75) is 12.5 Å². The molecule has 1 atom stereocenters. The van der Waals surface area contributed by atoms with E-state index in [0.29, 0.717) is 30.3 Å². The smallest absolute Gasteiger partial charge is 0.317 e. The summed E-state index contributed by atoms with van der Waals surface area (Å²) in [6.07, 6.45) is 2.10. The topological polar surface area (TPSA) is 74.7 Å². The van der Waals surface area contributed by atoms with Gasteiger partial charge in [0.25, 0.3) is 0 Å². The summed E-state index contributed by atoms with van der Waals surface area (Å²) in [5.74, 6) is -0.226. The number of aromatic nitrogens is 1. The van der Waals surface area contributed by atoms with Crippen LogP contribution in [0.4, 0.5) is 14.6 Å². The molecule has 1 heterocycles. The van der Waals surface area contributed by atoms with Gasteiger partial charge < -0.3 is 15.2 Å². The Labute approximate surface area is 179 Å². The Morgan fingerprint density at radius 2 is 1.87 bits per heavy atom. The number of carbonyl (C=O) groups is 1. The minimum absolute atomic E-state index is 0.0689. The zero-order valence-corrected chi connectivity index (χ0v) is 17.0. The van der Waals surface area contributed by atoms with E-state index >= 15 is 0 Å². The lowest BCUT2D eigenvalue weighted by molar-refractivity contribution is -0.138. The molecule has 0 bridgehead atoms. The zero-order valence-electron chi connectivity index (χ0n) is 17.0. The van der Waals surface area contributed by atoms with Gasteiger partial charge in [0.1, 0.15) is 29.0 Å². The first-order valence-corrected chi connectivity index (χ1v) is 9.71. The molecule has 0 aliphatic carbocycles. The molecule has 0 spiro atoms. The van der Waals surface area contributed by atoms with Gasteiger partial charge in [0.05, 0.1) is 18.8 Å². The highest BCUT2D eigenvalue weighted by molar-refractivity contribution is 5.69. The predicted molar refractivity (Wildman–Crippen MR) is 113 cm³/mol. The van der Waals surface area contributed by atoms with Crippen molar-refractivity contribution >= 4 is 11.8 Å². The molecule has 8 heteroatoms. The first-order chi connectivity index (χ1) is 14.9. The SMILES string of the molecule is CN(CCC(Nc1ccc(Oc2cccc(F)c2)cn1)c1ccc(F)cc1)CC(=O)O. The van der Waals surface area contributed by atoms with Gasteiger partial charge >= 0.3 is 5.97 Å². The fraction of sp³-hybridized carbons (Fsp3) is 0.217. The highest BCUT2D eigenvalue weighted by Crippen LogP contribution is 2.25. The Morgan fingerprint density at radius 1 is 1.10 bits per heavy atom. The van der Waals surface area contributed by atoms with Gasteiger partial charge in [-0.3, -0.25) is 9.69 Å². The summed E-state index contributed by atoms with van der Waals surface area (Å²) in [5.41, 5.74) is 0.854. The van der Waals surface area contributed by atoms with E-state index < -0.39 is 11.8 Å². The van der Waals surface area contributed by atoms with E-state index in [1.807, 2.05) is 0 Å². The number of likely N-dealkylation sites (N-methyl/N-ethyl adjacent to an activating group) is 1. The summed E-state index contributed by atoms with van der Waals surface area (Å²) in [7, 11) is 1.73. The van der Waals surface area contributed by atoms with Crippen LogP contribution in [0.15, 0.2) is 66.9 Å². The van der Waals surface area contributed by atoms with Crippen molar-refractivity contribution in [3.8, 4) is 11.5 Å². The van der Waals surface area contributed by atoms with Crippen LogP contribution in [0.25, 0.3) is 0 Å².